The number of nitrogens with zero attached hydrogens (tertiary/aromatic N) is 2. The standard InChI is InChI=1S/C20H20FN5O3S/c1-12-10-13(8-9-15(12)21)24-20-23-11-14(19(27)22-2)18(26-20)25-16-6-4-5-7-17(16)30(3,28)29/h4-11H,1-3H3,(H,22,27)(H2,23,24,25,26). The van der Waals surface area contributed by atoms with E-state index < -0.39 is 15.7 Å². The summed E-state index contributed by atoms with van der Waals surface area (Å²) >= 11 is 0. The normalized spacial score (nSPS) is 11.1. The quantitative estimate of drug-likeness (QED) is 0.552. The lowest BCUT2D eigenvalue weighted by molar-refractivity contribution is 0.0963. The number of sulfone groups is 1. The topological polar surface area (TPSA) is 113 Å². The first-order valence-electron chi connectivity index (χ1n) is 8.87. The molecule has 0 saturated heterocycles. The molecule has 0 bridgehead atoms. The number of nitrogens with one attached hydrogen (secondary N) is 3. The zero-order valence-corrected chi connectivity index (χ0v) is 17.3. The fraction of sp³-hybridized carbons (Fsp3) is 0.150. The number of hydrogen-bond donors (Lipinski definition) is 3. The van der Waals surface area contributed by atoms with Crippen molar-refractivity contribution in [1.82, 2.24) is 15.3 Å². The Balaban J connectivity index is 2.02. The second-order valence-electron chi connectivity index (χ2n) is 6.52. The number of hydrogen-bond acceptors (Lipinski definition) is 7. The summed E-state index contributed by atoms with van der Waals surface area (Å²) in [4.78, 5) is 20.8. The molecule has 0 aliphatic rings. The molecule has 30 heavy (non-hydrogen) atoms. The molecule has 3 aromatic rings. The van der Waals surface area contributed by atoms with Gasteiger partial charge in [0.2, 0.25) is 5.95 Å². The smallest absolute Gasteiger partial charge is 0.256 e. The summed E-state index contributed by atoms with van der Waals surface area (Å²) in [6.45, 7) is 1.63. The Morgan fingerprint density at radius 2 is 1.83 bits per heavy atom. The lowest BCUT2D eigenvalue weighted by atomic mass is 10.2. The van der Waals surface area contributed by atoms with Crippen LogP contribution in [0.1, 0.15) is 15.9 Å². The van der Waals surface area contributed by atoms with Crippen LogP contribution in [0, 0.1) is 12.7 Å². The fourth-order valence-electron chi connectivity index (χ4n) is 2.71. The molecule has 0 saturated carbocycles. The van der Waals surface area contributed by atoms with Gasteiger partial charge in [-0.2, -0.15) is 4.98 Å². The van der Waals surface area contributed by atoms with Crippen molar-refractivity contribution in [2.24, 2.45) is 0 Å². The van der Waals surface area contributed by atoms with Crippen molar-refractivity contribution in [3.63, 3.8) is 0 Å². The highest BCUT2D eigenvalue weighted by atomic mass is 32.2. The monoisotopic (exact) mass is 429 g/mol. The fourth-order valence-corrected chi connectivity index (χ4v) is 3.55. The molecule has 0 unspecified atom stereocenters. The van der Waals surface area contributed by atoms with Gasteiger partial charge in [0.1, 0.15) is 17.2 Å². The predicted molar refractivity (Wildman–Crippen MR) is 113 cm³/mol. The van der Waals surface area contributed by atoms with Gasteiger partial charge in [-0.3, -0.25) is 4.79 Å². The molecular formula is C20H20FN5O3S. The molecule has 1 aromatic heterocycles. The number of anilines is 4. The first kappa shape index (κ1) is 21.2. The number of rotatable bonds is 6. The highest BCUT2D eigenvalue weighted by Gasteiger charge is 2.18. The second-order valence-corrected chi connectivity index (χ2v) is 8.50. The first-order chi connectivity index (χ1) is 14.2. The molecular weight excluding hydrogens is 409 g/mol. The van der Waals surface area contributed by atoms with Crippen molar-refractivity contribution < 1.29 is 17.6 Å². The summed E-state index contributed by atoms with van der Waals surface area (Å²) in [5.74, 6) is -0.524. The second kappa shape index (κ2) is 8.46. The van der Waals surface area contributed by atoms with Crippen molar-refractivity contribution in [3.8, 4) is 0 Å². The Bertz CT molecular complexity index is 1210. The van der Waals surface area contributed by atoms with E-state index >= 15 is 0 Å². The number of carbonyl (C=O) groups excluding carboxylic acids is 1. The number of aromatic nitrogens is 2. The van der Waals surface area contributed by atoms with Crippen molar-refractivity contribution in [1.29, 1.82) is 0 Å². The SMILES string of the molecule is CNC(=O)c1cnc(Nc2ccc(F)c(C)c2)nc1Nc1ccccc1S(C)(=O)=O. The molecule has 10 heteroatoms. The average molecular weight is 429 g/mol. The van der Waals surface area contributed by atoms with Crippen LogP contribution in [0.3, 0.4) is 0 Å². The van der Waals surface area contributed by atoms with Gasteiger partial charge in [0.05, 0.1) is 10.6 Å². The van der Waals surface area contributed by atoms with Gasteiger partial charge in [-0.15, -0.1) is 0 Å². The maximum Gasteiger partial charge on any atom is 0.256 e. The molecule has 0 atom stereocenters. The number of benzene rings is 2. The lowest BCUT2D eigenvalue weighted by Crippen LogP contribution is -2.20. The van der Waals surface area contributed by atoms with Crippen LogP contribution in [0.2, 0.25) is 0 Å². The Morgan fingerprint density at radius 1 is 1.10 bits per heavy atom. The molecule has 156 valence electrons. The van der Waals surface area contributed by atoms with E-state index in [4.69, 9.17) is 0 Å². The van der Waals surface area contributed by atoms with E-state index in [1.165, 1.54) is 31.4 Å². The summed E-state index contributed by atoms with van der Waals surface area (Å²) in [5, 5.41) is 8.36. The Morgan fingerprint density at radius 3 is 2.50 bits per heavy atom. The minimum Gasteiger partial charge on any atom is -0.355 e. The summed E-state index contributed by atoms with van der Waals surface area (Å²) in [7, 11) is -2.06. The summed E-state index contributed by atoms with van der Waals surface area (Å²) < 4.78 is 37.7. The van der Waals surface area contributed by atoms with Gasteiger partial charge in [0, 0.05) is 25.2 Å². The third-order valence-corrected chi connectivity index (χ3v) is 5.37. The van der Waals surface area contributed by atoms with Gasteiger partial charge in [0.15, 0.2) is 9.84 Å². The number of halogens is 1. The Kier molecular flexibility index (Phi) is 5.97. The zero-order valence-electron chi connectivity index (χ0n) is 16.5. The van der Waals surface area contributed by atoms with Crippen LogP contribution in [-0.4, -0.2) is 37.6 Å². The third kappa shape index (κ3) is 4.71. The van der Waals surface area contributed by atoms with Crippen LogP contribution in [0.15, 0.2) is 53.6 Å². The van der Waals surface area contributed by atoms with Crippen molar-refractivity contribution >= 4 is 38.9 Å². The average Bonchev–Trinajstić information content (AvgIpc) is 2.70. The van der Waals surface area contributed by atoms with E-state index in [0.717, 1.165) is 6.26 Å². The molecule has 8 nitrogen and oxygen atoms in total. The van der Waals surface area contributed by atoms with E-state index in [0.29, 0.717) is 11.3 Å². The maximum atomic E-state index is 13.5. The lowest BCUT2D eigenvalue weighted by Gasteiger charge is -2.14. The maximum absolute atomic E-state index is 13.5. The highest BCUT2D eigenvalue weighted by Crippen LogP contribution is 2.27. The van der Waals surface area contributed by atoms with Crippen LogP contribution in [0.25, 0.3) is 0 Å². The van der Waals surface area contributed by atoms with Crippen LogP contribution < -0.4 is 16.0 Å². The minimum atomic E-state index is -3.52. The molecule has 0 aliphatic carbocycles. The molecule has 1 amide bonds. The third-order valence-electron chi connectivity index (χ3n) is 4.21. The van der Waals surface area contributed by atoms with Crippen LogP contribution in [-0.2, 0) is 9.84 Å². The molecule has 0 radical (unpaired) electrons. The van der Waals surface area contributed by atoms with Crippen molar-refractivity contribution in [2.45, 2.75) is 11.8 Å². The minimum absolute atomic E-state index is 0.0649. The van der Waals surface area contributed by atoms with Crippen molar-refractivity contribution in [2.75, 3.05) is 23.9 Å². The number of aryl methyl sites for hydroxylation is 1. The van der Waals surface area contributed by atoms with Gasteiger partial charge in [-0.25, -0.2) is 17.8 Å². The summed E-state index contributed by atoms with van der Waals surface area (Å²) in [6.07, 6.45) is 2.41. The van der Waals surface area contributed by atoms with Gasteiger partial charge in [-0.05, 0) is 42.8 Å². The molecule has 0 spiro atoms. The number of para-hydroxylation sites is 1. The molecule has 3 N–H and O–H groups in total. The Hall–Kier alpha value is -3.53. The number of carbonyl (C=O) groups is 1. The van der Waals surface area contributed by atoms with Gasteiger partial charge in [0.25, 0.3) is 5.91 Å². The van der Waals surface area contributed by atoms with Gasteiger partial charge >= 0.3 is 0 Å². The first-order valence-corrected chi connectivity index (χ1v) is 10.8. The largest absolute Gasteiger partial charge is 0.355 e. The summed E-state index contributed by atoms with van der Waals surface area (Å²) in [5.41, 5.74) is 1.40. The molecule has 2 aromatic carbocycles. The summed E-state index contributed by atoms with van der Waals surface area (Å²) in [6, 6.07) is 10.7. The van der Waals surface area contributed by atoms with Crippen LogP contribution >= 0.6 is 0 Å². The van der Waals surface area contributed by atoms with Crippen LogP contribution in [0.5, 0.6) is 0 Å². The van der Waals surface area contributed by atoms with Gasteiger partial charge in [-0.1, -0.05) is 12.1 Å². The van der Waals surface area contributed by atoms with Gasteiger partial charge < -0.3 is 16.0 Å². The van der Waals surface area contributed by atoms with E-state index in [2.05, 4.69) is 25.9 Å². The molecule has 3 rings (SSSR count). The number of amides is 1. The molecule has 0 fully saturated rings. The van der Waals surface area contributed by atoms with Crippen LogP contribution in [0.4, 0.5) is 27.5 Å². The molecule has 0 aliphatic heterocycles. The van der Waals surface area contributed by atoms with E-state index in [9.17, 15) is 17.6 Å². The predicted octanol–water partition coefficient (Wildman–Crippen LogP) is 3.17. The zero-order chi connectivity index (χ0) is 21.9. The highest BCUT2D eigenvalue weighted by molar-refractivity contribution is 7.90. The van der Waals surface area contributed by atoms with E-state index in [-0.39, 0.29) is 33.7 Å². The van der Waals surface area contributed by atoms with E-state index in [1.54, 1.807) is 31.2 Å². The van der Waals surface area contributed by atoms with E-state index in [1.807, 2.05) is 0 Å². The van der Waals surface area contributed by atoms with Crippen molar-refractivity contribution in [3.05, 3.63) is 65.6 Å². The Labute approximate surface area is 173 Å². The molecule has 1 heterocycles.